The van der Waals surface area contributed by atoms with Gasteiger partial charge in [-0.1, -0.05) is 35.7 Å². The molecule has 1 aromatic rings. The molecule has 0 saturated heterocycles. The lowest BCUT2D eigenvalue weighted by atomic mass is 9.77. The number of fused-ring (bicyclic) bond motifs is 1. The molecule has 1 unspecified atom stereocenters. The van der Waals surface area contributed by atoms with Gasteiger partial charge in [-0.25, -0.2) is 4.39 Å². The largest absolute Gasteiger partial charge is 0.326 e. The summed E-state index contributed by atoms with van der Waals surface area (Å²) in [6.45, 7) is 2.20. The molecule has 1 heterocycles. The van der Waals surface area contributed by atoms with E-state index >= 15 is 0 Å². The van der Waals surface area contributed by atoms with Crippen molar-refractivity contribution in [1.82, 2.24) is 0 Å². The molecule has 3 rings (SSSR count). The lowest BCUT2D eigenvalue weighted by Gasteiger charge is -2.34. The number of halogens is 2. The van der Waals surface area contributed by atoms with Gasteiger partial charge in [0.15, 0.2) is 0 Å². The van der Waals surface area contributed by atoms with Crippen molar-refractivity contribution in [3.05, 3.63) is 29.1 Å². The lowest BCUT2D eigenvalue weighted by molar-refractivity contribution is -0.116. The molecule has 1 aliphatic heterocycles. The van der Waals surface area contributed by atoms with Crippen molar-refractivity contribution >= 4 is 27.5 Å². The molecular formula is C17H21BrFNO. The summed E-state index contributed by atoms with van der Waals surface area (Å²) in [5.74, 6) is -0.233. The number of carbonyl (C=O) groups excluding carboxylic acids is 1. The molecule has 1 N–H and O–H groups in total. The van der Waals surface area contributed by atoms with E-state index in [1.165, 1.54) is 18.9 Å². The smallest absolute Gasteiger partial charge is 0.224 e. The van der Waals surface area contributed by atoms with E-state index in [0.29, 0.717) is 18.5 Å². The highest BCUT2D eigenvalue weighted by atomic mass is 79.9. The van der Waals surface area contributed by atoms with E-state index in [9.17, 15) is 9.18 Å². The highest BCUT2D eigenvalue weighted by Gasteiger charge is 2.40. The van der Waals surface area contributed by atoms with Gasteiger partial charge in [-0.2, -0.15) is 0 Å². The van der Waals surface area contributed by atoms with E-state index in [4.69, 9.17) is 0 Å². The molecule has 1 fully saturated rings. The summed E-state index contributed by atoms with van der Waals surface area (Å²) >= 11 is 3.79. The van der Waals surface area contributed by atoms with Crippen LogP contribution in [0.1, 0.15) is 61.4 Å². The Morgan fingerprint density at radius 1 is 1.33 bits per heavy atom. The molecule has 2 nitrogen and oxygen atoms in total. The number of benzene rings is 1. The van der Waals surface area contributed by atoms with Crippen LogP contribution >= 0.6 is 15.9 Å². The first-order valence-electron chi connectivity index (χ1n) is 7.82. The second-order valence-electron chi connectivity index (χ2n) is 6.36. The summed E-state index contributed by atoms with van der Waals surface area (Å²) in [6.07, 6.45) is 7.05. The highest BCUT2D eigenvalue weighted by Crippen LogP contribution is 2.54. The minimum Gasteiger partial charge on any atom is -0.326 e. The normalized spacial score (nSPS) is 21.8. The van der Waals surface area contributed by atoms with Crippen molar-refractivity contribution in [3.63, 3.8) is 0 Å². The molecular weight excluding hydrogens is 333 g/mol. The summed E-state index contributed by atoms with van der Waals surface area (Å²) in [5, 5.41) is 2.77. The summed E-state index contributed by atoms with van der Waals surface area (Å²) in [5.41, 5.74) is 2.63. The Balaban J connectivity index is 1.97. The summed E-state index contributed by atoms with van der Waals surface area (Å²) in [4.78, 5) is 11.5. The maximum absolute atomic E-state index is 14.5. The van der Waals surface area contributed by atoms with Crippen molar-refractivity contribution in [3.8, 4) is 0 Å². The number of amides is 1. The number of aryl methyl sites for hydroxylation is 1. The van der Waals surface area contributed by atoms with Gasteiger partial charge in [0.25, 0.3) is 0 Å². The third-order valence-corrected chi connectivity index (χ3v) is 6.70. The Labute approximate surface area is 133 Å². The minimum atomic E-state index is -0.211. The van der Waals surface area contributed by atoms with Gasteiger partial charge in [-0.05, 0) is 48.8 Å². The van der Waals surface area contributed by atoms with E-state index in [0.717, 1.165) is 30.4 Å². The number of anilines is 1. The number of nitrogens with one attached hydrogen (secondary N) is 1. The van der Waals surface area contributed by atoms with Crippen LogP contribution in [0.5, 0.6) is 0 Å². The predicted molar refractivity (Wildman–Crippen MR) is 86.2 cm³/mol. The van der Waals surface area contributed by atoms with Gasteiger partial charge >= 0.3 is 0 Å². The van der Waals surface area contributed by atoms with Crippen molar-refractivity contribution in [1.29, 1.82) is 0 Å². The molecule has 1 amide bonds. The maximum Gasteiger partial charge on any atom is 0.224 e. The van der Waals surface area contributed by atoms with E-state index in [2.05, 4.69) is 28.2 Å². The Hall–Kier alpha value is -0.900. The van der Waals surface area contributed by atoms with Crippen LogP contribution in [0.4, 0.5) is 10.1 Å². The molecule has 2 aliphatic rings. The number of carbonyl (C=O) groups is 1. The highest BCUT2D eigenvalue weighted by molar-refractivity contribution is 9.09. The van der Waals surface area contributed by atoms with Gasteiger partial charge in [0, 0.05) is 22.5 Å². The first kappa shape index (κ1) is 15.0. The van der Waals surface area contributed by atoms with E-state index in [1.54, 1.807) is 0 Å². The molecule has 0 spiro atoms. The van der Waals surface area contributed by atoms with E-state index < -0.39 is 0 Å². The average molecular weight is 354 g/mol. The SMILES string of the molecule is CCC1(C(Br)c2cc3c(cc2F)NC(=O)CC3)CCCC1. The number of hydrogen-bond donors (Lipinski definition) is 1. The van der Waals surface area contributed by atoms with Crippen molar-refractivity contribution in [2.45, 2.75) is 56.7 Å². The van der Waals surface area contributed by atoms with Crippen LogP contribution in [-0.2, 0) is 11.2 Å². The fraction of sp³-hybridized carbons (Fsp3) is 0.588. The third-order valence-electron chi connectivity index (χ3n) is 5.23. The average Bonchev–Trinajstić information content (AvgIpc) is 2.96. The van der Waals surface area contributed by atoms with Gasteiger partial charge in [-0.15, -0.1) is 0 Å². The molecule has 1 aliphatic carbocycles. The molecule has 114 valence electrons. The Morgan fingerprint density at radius 2 is 2.05 bits per heavy atom. The lowest BCUT2D eigenvalue weighted by Crippen LogP contribution is -2.24. The van der Waals surface area contributed by atoms with E-state index in [1.807, 2.05) is 6.07 Å². The molecule has 21 heavy (non-hydrogen) atoms. The number of rotatable bonds is 3. The topological polar surface area (TPSA) is 29.1 Å². The standard InChI is InChI=1S/C17H21BrFNO/c1-2-17(7-3-4-8-17)16(18)12-9-11-5-6-15(21)20-14(11)10-13(12)19/h9-10,16H,2-8H2,1H3,(H,20,21). The summed E-state index contributed by atoms with van der Waals surface area (Å²) in [7, 11) is 0. The summed E-state index contributed by atoms with van der Waals surface area (Å²) < 4.78 is 14.5. The van der Waals surface area contributed by atoms with Crippen LogP contribution in [0.25, 0.3) is 0 Å². The van der Waals surface area contributed by atoms with Crippen molar-refractivity contribution in [2.75, 3.05) is 5.32 Å². The molecule has 0 radical (unpaired) electrons. The van der Waals surface area contributed by atoms with Crippen LogP contribution in [-0.4, -0.2) is 5.91 Å². The van der Waals surface area contributed by atoms with Crippen molar-refractivity contribution in [2.24, 2.45) is 5.41 Å². The van der Waals surface area contributed by atoms with Gasteiger partial charge < -0.3 is 5.32 Å². The zero-order chi connectivity index (χ0) is 15.0. The quantitative estimate of drug-likeness (QED) is 0.751. The Bertz CT molecular complexity index is 566. The van der Waals surface area contributed by atoms with Gasteiger partial charge in [0.2, 0.25) is 5.91 Å². The maximum atomic E-state index is 14.5. The van der Waals surface area contributed by atoms with Crippen LogP contribution in [0.2, 0.25) is 0 Å². The van der Waals surface area contributed by atoms with E-state index in [-0.39, 0.29) is 22.0 Å². The molecule has 0 bridgehead atoms. The first-order valence-corrected chi connectivity index (χ1v) is 8.73. The fourth-order valence-corrected chi connectivity index (χ4v) is 4.94. The monoisotopic (exact) mass is 353 g/mol. The zero-order valence-corrected chi connectivity index (χ0v) is 13.9. The number of alkyl halides is 1. The number of hydrogen-bond acceptors (Lipinski definition) is 1. The Kier molecular flexibility index (Phi) is 4.08. The van der Waals surface area contributed by atoms with Gasteiger partial charge in [0.1, 0.15) is 5.82 Å². The van der Waals surface area contributed by atoms with Crippen LogP contribution in [0.3, 0.4) is 0 Å². The molecule has 1 atom stereocenters. The van der Waals surface area contributed by atoms with Crippen LogP contribution in [0, 0.1) is 11.2 Å². The second-order valence-corrected chi connectivity index (χ2v) is 7.28. The fourth-order valence-electron chi connectivity index (χ4n) is 3.81. The molecule has 1 aromatic carbocycles. The van der Waals surface area contributed by atoms with Crippen molar-refractivity contribution < 1.29 is 9.18 Å². The minimum absolute atomic E-state index is 0.0223. The predicted octanol–water partition coefficient (Wildman–Crippen LogP) is 5.12. The Morgan fingerprint density at radius 3 is 2.71 bits per heavy atom. The van der Waals surface area contributed by atoms with Gasteiger partial charge in [0.05, 0.1) is 0 Å². The van der Waals surface area contributed by atoms with Crippen LogP contribution in [0.15, 0.2) is 12.1 Å². The summed E-state index contributed by atoms with van der Waals surface area (Å²) in [6, 6.07) is 3.45. The third kappa shape index (κ3) is 2.63. The molecule has 0 aromatic heterocycles. The second kappa shape index (κ2) is 5.71. The zero-order valence-electron chi connectivity index (χ0n) is 12.3. The van der Waals surface area contributed by atoms with Crippen LogP contribution < -0.4 is 5.32 Å². The molecule has 1 saturated carbocycles. The first-order chi connectivity index (χ1) is 10.1. The molecule has 4 heteroatoms. The van der Waals surface area contributed by atoms with Gasteiger partial charge in [-0.3, -0.25) is 4.79 Å².